The number of hydrogen-bond acceptors (Lipinski definition) is 3. The second kappa shape index (κ2) is 7.85. The fourth-order valence-electron chi connectivity index (χ4n) is 4.22. The van der Waals surface area contributed by atoms with E-state index in [-0.39, 0.29) is 0 Å². The molecule has 4 unspecified atom stereocenters. The second-order valence-corrected chi connectivity index (χ2v) is 9.13. The maximum atomic E-state index is 6.31. The Morgan fingerprint density at radius 1 is 0.850 bits per heavy atom. The quantitative estimate of drug-likeness (QED) is 0.810. The summed E-state index contributed by atoms with van der Waals surface area (Å²) in [6.45, 7) is 2.32. The molecule has 2 saturated carbocycles. The van der Waals surface area contributed by atoms with Crippen LogP contribution in [0.4, 0.5) is 0 Å². The topological polar surface area (TPSA) is 30.5 Å². The predicted molar refractivity (Wildman–Crippen MR) is 81.5 cm³/mol. The van der Waals surface area contributed by atoms with Crippen molar-refractivity contribution in [3.8, 4) is 0 Å². The van der Waals surface area contributed by atoms with Gasteiger partial charge in [-0.05, 0) is 0 Å². The summed E-state index contributed by atoms with van der Waals surface area (Å²) in [6, 6.07) is 1.29. The van der Waals surface area contributed by atoms with Crippen molar-refractivity contribution in [2.24, 2.45) is 5.92 Å². The number of hydrogen-bond donors (Lipinski definition) is 1. The van der Waals surface area contributed by atoms with Gasteiger partial charge in [0.2, 0.25) is 0 Å². The zero-order valence-corrected chi connectivity index (χ0v) is 16.1. The van der Waals surface area contributed by atoms with Crippen molar-refractivity contribution in [1.82, 2.24) is 5.32 Å². The summed E-state index contributed by atoms with van der Waals surface area (Å²) in [6.07, 6.45) is 14.4. The average molecular weight is 382 g/mol. The molecule has 3 aliphatic rings. The molecule has 0 amide bonds. The van der Waals surface area contributed by atoms with Crippen molar-refractivity contribution in [2.75, 3.05) is 0 Å². The van der Waals surface area contributed by atoms with Gasteiger partial charge in [-0.3, -0.25) is 0 Å². The third-order valence-corrected chi connectivity index (χ3v) is 8.18. The molecule has 113 valence electrons. The normalized spacial score (nSPS) is 39.2. The first kappa shape index (κ1) is 15.6. The molecule has 3 fully saturated rings. The second-order valence-electron chi connectivity index (χ2n) is 7.03. The average Bonchev–Trinajstić information content (AvgIpc) is 2.49. The Labute approximate surface area is 136 Å². The fraction of sp³-hybridized carbons (Fsp3) is 1.00. The standard InChI is InChI=1S/C10H18NO.C6H11O.In/c1-7-5-6-8-3-2-4-9(12)10(8)11-7;7-6-4-2-1-3-5-6;/h7-11H,2-6H2,1H3;6H,1-5H2;/q2*-1;+2. The zero-order valence-electron chi connectivity index (χ0n) is 12.9. The van der Waals surface area contributed by atoms with Crippen LogP contribution in [0.3, 0.4) is 0 Å². The van der Waals surface area contributed by atoms with E-state index in [1.54, 1.807) is 0 Å². The van der Waals surface area contributed by atoms with Crippen LogP contribution in [0, 0.1) is 5.92 Å². The van der Waals surface area contributed by atoms with Gasteiger partial charge in [-0.1, -0.05) is 0 Å². The summed E-state index contributed by atoms with van der Waals surface area (Å²) in [5.41, 5.74) is 0. The van der Waals surface area contributed by atoms with Gasteiger partial charge in [0, 0.05) is 0 Å². The van der Waals surface area contributed by atoms with Gasteiger partial charge in [-0.15, -0.1) is 0 Å². The van der Waals surface area contributed by atoms with Gasteiger partial charge in [0.05, 0.1) is 0 Å². The van der Waals surface area contributed by atoms with Crippen LogP contribution in [0.1, 0.15) is 71.1 Å². The summed E-state index contributed by atoms with van der Waals surface area (Å²) >= 11 is -1.26. The Kier molecular flexibility index (Phi) is 6.13. The van der Waals surface area contributed by atoms with Crippen LogP contribution in [0.15, 0.2) is 0 Å². The van der Waals surface area contributed by atoms with Gasteiger partial charge in [-0.2, -0.15) is 0 Å². The molecule has 4 heteroatoms. The van der Waals surface area contributed by atoms with E-state index < -0.39 is 23.8 Å². The van der Waals surface area contributed by atoms with E-state index in [0.29, 0.717) is 24.3 Å². The number of nitrogens with one attached hydrogen (secondary N) is 1. The monoisotopic (exact) mass is 382 g/mol. The Bertz CT molecular complexity index is 296. The van der Waals surface area contributed by atoms with Crippen molar-refractivity contribution in [3.63, 3.8) is 0 Å². The molecule has 1 saturated heterocycles. The first-order valence-corrected chi connectivity index (χ1v) is 11.4. The van der Waals surface area contributed by atoms with E-state index in [2.05, 4.69) is 12.2 Å². The van der Waals surface area contributed by atoms with E-state index in [1.807, 2.05) is 0 Å². The molecule has 20 heavy (non-hydrogen) atoms. The number of piperidine rings is 1. The summed E-state index contributed by atoms with van der Waals surface area (Å²) < 4.78 is 12.4. The first-order chi connectivity index (χ1) is 9.83. The Balaban J connectivity index is 1.43. The number of rotatable bonds is 4. The molecule has 1 heterocycles. The van der Waals surface area contributed by atoms with Crippen molar-refractivity contribution in [1.29, 1.82) is 0 Å². The van der Waals surface area contributed by atoms with Gasteiger partial charge in [0.25, 0.3) is 0 Å². The van der Waals surface area contributed by atoms with E-state index in [9.17, 15) is 0 Å². The van der Waals surface area contributed by atoms with Crippen LogP contribution in [0.5, 0.6) is 0 Å². The van der Waals surface area contributed by atoms with Gasteiger partial charge < -0.3 is 0 Å². The summed E-state index contributed by atoms with van der Waals surface area (Å²) in [4.78, 5) is 0. The molecule has 4 atom stereocenters. The molecule has 0 bridgehead atoms. The molecular formula is C16H29InNO2. The maximum absolute atomic E-state index is 6.31. The van der Waals surface area contributed by atoms with Crippen molar-refractivity contribution in [2.45, 2.75) is 95.4 Å². The molecule has 0 spiro atoms. The Morgan fingerprint density at radius 2 is 1.70 bits per heavy atom. The van der Waals surface area contributed by atoms with E-state index in [4.69, 9.17) is 5.71 Å². The fourth-order valence-corrected chi connectivity index (χ4v) is 6.91. The summed E-state index contributed by atoms with van der Waals surface area (Å²) in [5.74, 6) is 0.863. The molecule has 3 nitrogen and oxygen atoms in total. The van der Waals surface area contributed by atoms with Crippen LogP contribution in [-0.4, -0.2) is 48.1 Å². The van der Waals surface area contributed by atoms with Gasteiger partial charge in [-0.25, -0.2) is 0 Å². The molecule has 1 radical (unpaired) electrons. The van der Waals surface area contributed by atoms with Gasteiger partial charge >= 0.3 is 136 Å². The minimum absolute atomic E-state index is 0.460. The van der Waals surface area contributed by atoms with E-state index >= 15 is 0 Å². The molecule has 0 aromatic heterocycles. The third-order valence-electron chi connectivity index (χ3n) is 5.45. The van der Waals surface area contributed by atoms with Crippen LogP contribution < -0.4 is 5.32 Å². The van der Waals surface area contributed by atoms with Crippen LogP contribution in [0.2, 0.25) is 0 Å². The Hall–Kier alpha value is 0.750. The van der Waals surface area contributed by atoms with Crippen molar-refractivity contribution < 1.29 is 5.71 Å². The summed E-state index contributed by atoms with van der Waals surface area (Å²) in [7, 11) is 0. The predicted octanol–water partition coefficient (Wildman–Crippen LogP) is 3.20. The van der Waals surface area contributed by atoms with Crippen LogP contribution in [0.25, 0.3) is 0 Å². The molecule has 0 aromatic carbocycles. The van der Waals surface area contributed by atoms with E-state index in [1.165, 1.54) is 64.2 Å². The molecule has 0 aromatic rings. The SMILES string of the molecule is CC1CCC2CCCC([O][In][O]C3CCCCC3)C2N1. The van der Waals surface area contributed by atoms with Crippen LogP contribution >= 0.6 is 0 Å². The zero-order chi connectivity index (χ0) is 13.8. The van der Waals surface area contributed by atoms with E-state index in [0.717, 1.165) is 5.92 Å². The van der Waals surface area contributed by atoms with Crippen molar-refractivity contribution in [3.05, 3.63) is 0 Å². The Morgan fingerprint density at radius 3 is 2.55 bits per heavy atom. The van der Waals surface area contributed by atoms with Crippen molar-refractivity contribution >= 4 is 23.8 Å². The summed E-state index contributed by atoms with van der Waals surface area (Å²) in [5, 5.41) is 3.81. The molecule has 1 aliphatic heterocycles. The molecule has 2 aliphatic carbocycles. The molecule has 1 N–H and O–H groups in total. The first-order valence-electron chi connectivity index (χ1n) is 8.71. The molecule has 3 rings (SSSR count). The number of fused-ring (bicyclic) bond motifs is 1. The molecular weight excluding hydrogens is 353 g/mol. The van der Waals surface area contributed by atoms with Gasteiger partial charge in [0.1, 0.15) is 0 Å². The third kappa shape index (κ3) is 4.15. The van der Waals surface area contributed by atoms with Crippen LogP contribution in [-0.2, 0) is 5.71 Å². The van der Waals surface area contributed by atoms with Gasteiger partial charge in [0.15, 0.2) is 0 Å². The minimum atomic E-state index is -1.26.